The fraction of sp³-hybridized carbons (Fsp3) is 0.208. The molecule has 0 saturated heterocycles. The topological polar surface area (TPSA) is 50.5 Å². The first kappa shape index (κ1) is 21.1. The molecule has 1 amide bonds. The molecule has 3 heterocycles. The Morgan fingerprint density at radius 1 is 1.06 bits per heavy atom. The minimum Gasteiger partial charge on any atom is -0.305 e. The third kappa shape index (κ3) is 3.63. The van der Waals surface area contributed by atoms with Crippen LogP contribution in [0.15, 0.2) is 54.7 Å². The second kappa shape index (κ2) is 7.99. The fourth-order valence-corrected chi connectivity index (χ4v) is 4.22. The van der Waals surface area contributed by atoms with Crippen molar-refractivity contribution >= 4 is 17.2 Å². The number of fused-ring (bicyclic) bond motifs is 2. The summed E-state index contributed by atoms with van der Waals surface area (Å²) in [6, 6.07) is 10.5. The first-order valence-corrected chi connectivity index (χ1v) is 10.4. The van der Waals surface area contributed by atoms with E-state index in [1.807, 2.05) is 6.92 Å². The van der Waals surface area contributed by atoms with E-state index in [9.17, 15) is 22.4 Å². The van der Waals surface area contributed by atoms with Gasteiger partial charge in [0.05, 0.1) is 11.9 Å². The number of benzene rings is 2. The van der Waals surface area contributed by atoms with E-state index in [0.29, 0.717) is 29.7 Å². The minimum atomic E-state index is -2.88. The lowest BCUT2D eigenvalue weighted by Gasteiger charge is -2.35. The molecule has 0 spiro atoms. The summed E-state index contributed by atoms with van der Waals surface area (Å²) in [5.74, 6) is -1.32. The number of aromatic nitrogens is 3. The summed E-state index contributed by atoms with van der Waals surface area (Å²) in [6.45, 7) is 1.87. The predicted octanol–water partition coefficient (Wildman–Crippen LogP) is 5.59. The summed E-state index contributed by atoms with van der Waals surface area (Å²) >= 11 is 0. The van der Waals surface area contributed by atoms with Crippen LogP contribution in [0.25, 0.3) is 16.9 Å². The number of rotatable bonds is 3. The SMILES string of the molecule is C[C@H]1CCc2cc(F)ccc2N1C(=O)c1cnn2c(C(F)F)cc(-c3ccc(F)cc3)nc12. The first-order valence-electron chi connectivity index (χ1n) is 10.4. The highest BCUT2D eigenvalue weighted by atomic mass is 19.3. The fourth-order valence-electron chi connectivity index (χ4n) is 4.22. The summed E-state index contributed by atoms with van der Waals surface area (Å²) in [5.41, 5.74) is 1.44. The van der Waals surface area contributed by atoms with Gasteiger partial charge in [0.25, 0.3) is 12.3 Å². The standard InChI is InChI=1S/C24H18F4N4O/c1-13-2-3-15-10-17(26)8-9-20(15)31(13)24(33)18-12-29-32-21(22(27)28)11-19(30-23(18)32)14-4-6-16(25)7-5-14/h4-13,22H,2-3H2,1H3/t13-/m0/s1. The van der Waals surface area contributed by atoms with E-state index in [0.717, 1.165) is 4.52 Å². The highest BCUT2D eigenvalue weighted by Gasteiger charge is 2.32. The van der Waals surface area contributed by atoms with Crippen molar-refractivity contribution in [3.05, 3.63) is 83.2 Å². The predicted molar refractivity (Wildman–Crippen MR) is 114 cm³/mol. The third-order valence-electron chi connectivity index (χ3n) is 5.89. The zero-order valence-electron chi connectivity index (χ0n) is 17.5. The smallest absolute Gasteiger partial charge is 0.280 e. The largest absolute Gasteiger partial charge is 0.305 e. The molecule has 0 unspecified atom stereocenters. The Morgan fingerprint density at radius 3 is 2.52 bits per heavy atom. The molecule has 33 heavy (non-hydrogen) atoms. The van der Waals surface area contributed by atoms with Crippen molar-refractivity contribution in [2.24, 2.45) is 0 Å². The number of carbonyl (C=O) groups is 1. The number of hydrogen-bond acceptors (Lipinski definition) is 3. The van der Waals surface area contributed by atoms with Gasteiger partial charge < -0.3 is 4.90 Å². The van der Waals surface area contributed by atoms with Gasteiger partial charge in [0.2, 0.25) is 0 Å². The van der Waals surface area contributed by atoms with E-state index in [1.54, 1.807) is 6.07 Å². The molecule has 9 heteroatoms. The molecule has 2 aromatic carbocycles. The van der Waals surface area contributed by atoms with Gasteiger partial charge in [-0.25, -0.2) is 27.1 Å². The molecule has 5 nitrogen and oxygen atoms in total. The summed E-state index contributed by atoms with van der Waals surface area (Å²) in [7, 11) is 0. The van der Waals surface area contributed by atoms with Gasteiger partial charge >= 0.3 is 0 Å². The highest BCUT2D eigenvalue weighted by molar-refractivity contribution is 6.10. The van der Waals surface area contributed by atoms with E-state index < -0.39 is 23.8 Å². The van der Waals surface area contributed by atoms with Crippen molar-refractivity contribution in [3.8, 4) is 11.3 Å². The molecule has 1 aliphatic heterocycles. The van der Waals surface area contributed by atoms with E-state index in [2.05, 4.69) is 10.1 Å². The summed E-state index contributed by atoms with van der Waals surface area (Å²) in [4.78, 5) is 19.6. The molecule has 2 aromatic heterocycles. The first-order chi connectivity index (χ1) is 15.8. The van der Waals surface area contributed by atoms with Gasteiger partial charge in [0.1, 0.15) is 22.9 Å². The van der Waals surface area contributed by atoms with Gasteiger partial charge in [-0.15, -0.1) is 0 Å². The van der Waals surface area contributed by atoms with E-state index in [1.165, 1.54) is 53.6 Å². The number of amides is 1. The second-order valence-corrected chi connectivity index (χ2v) is 8.00. The van der Waals surface area contributed by atoms with Crippen LogP contribution in [0, 0.1) is 11.6 Å². The Hall–Kier alpha value is -3.75. The van der Waals surface area contributed by atoms with Crippen LogP contribution in [0.4, 0.5) is 23.2 Å². The van der Waals surface area contributed by atoms with Crippen LogP contribution in [0.2, 0.25) is 0 Å². The van der Waals surface area contributed by atoms with Crippen LogP contribution in [0.5, 0.6) is 0 Å². The number of carbonyl (C=O) groups excluding carboxylic acids is 1. The number of halogens is 4. The Labute approximate surface area is 186 Å². The molecule has 0 N–H and O–H groups in total. The van der Waals surface area contributed by atoms with E-state index in [-0.39, 0.29) is 28.8 Å². The molecule has 4 aromatic rings. The van der Waals surface area contributed by atoms with Gasteiger partial charge in [-0.2, -0.15) is 5.10 Å². The average molecular weight is 454 g/mol. The molecule has 0 saturated carbocycles. The summed E-state index contributed by atoms with van der Waals surface area (Å²) < 4.78 is 55.7. The van der Waals surface area contributed by atoms with Crippen LogP contribution >= 0.6 is 0 Å². The van der Waals surface area contributed by atoms with Crippen molar-refractivity contribution in [1.82, 2.24) is 14.6 Å². The second-order valence-electron chi connectivity index (χ2n) is 8.00. The van der Waals surface area contributed by atoms with Crippen LogP contribution < -0.4 is 4.90 Å². The van der Waals surface area contributed by atoms with Crippen molar-refractivity contribution in [2.75, 3.05) is 4.90 Å². The molecule has 168 valence electrons. The minimum absolute atomic E-state index is 0.0291. The Morgan fingerprint density at radius 2 is 1.79 bits per heavy atom. The number of aryl methyl sites for hydroxylation is 1. The summed E-state index contributed by atoms with van der Waals surface area (Å²) in [6.07, 6.45) is -0.418. The maximum atomic E-state index is 13.8. The van der Waals surface area contributed by atoms with Gasteiger partial charge in [-0.05, 0) is 73.9 Å². The molecule has 0 radical (unpaired) electrons. The maximum absolute atomic E-state index is 13.8. The van der Waals surface area contributed by atoms with Gasteiger partial charge in [-0.1, -0.05) is 0 Å². The number of nitrogens with zero attached hydrogens (tertiary/aromatic N) is 4. The lowest BCUT2D eigenvalue weighted by molar-refractivity contribution is 0.0976. The number of anilines is 1. The molecule has 0 fully saturated rings. The molecular formula is C24H18F4N4O. The molecular weight excluding hydrogens is 436 g/mol. The number of hydrogen-bond donors (Lipinski definition) is 0. The van der Waals surface area contributed by atoms with E-state index in [4.69, 9.17) is 0 Å². The highest BCUT2D eigenvalue weighted by Crippen LogP contribution is 2.34. The van der Waals surface area contributed by atoms with Gasteiger partial charge in [-0.3, -0.25) is 4.79 Å². The lowest BCUT2D eigenvalue weighted by Crippen LogP contribution is -2.42. The third-order valence-corrected chi connectivity index (χ3v) is 5.89. The van der Waals surface area contributed by atoms with Crippen molar-refractivity contribution in [3.63, 3.8) is 0 Å². The average Bonchev–Trinajstić information content (AvgIpc) is 3.22. The molecule has 5 rings (SSSR count). The van der Waals surface area contributed by atoms with Gasteiger partial charge in [0, 0.05) is 17.3 Å². The Bertz CT molecular complexity index is 1370. The molecule has 1 aliphatic rings. The lowest BCUT2D eigenvalue weighted by atomic mass is 9.96. The normalized spacial score (nSPS) is 15.8. The van der Waals surface area contributed by atoms with Crippen molar-refractivity contribution < 1.29 is 22.4 Å². The Kier molecular flexibility index (Phi) is 5.11. The van der Waals surface area contributed by atoms with Crippen molar-refractivity contribution in [2.45, 2.75) is 32.2 Å². The molecule has 0 bridgehead atoms. The van der Waals surface area contributed by atoms with Crippen molar-refractivity contribution in [1.29, 1.82) is 0 Å². The van der Waals surface area contributed by atoms with Crippen LogP contribution in [0.1, 0.15) is 41.4 Å². The quantitative estimate of drug-likeness (QED) is 0.379. The Balaban J connectivity index is 1.66. The van der Waals surface area contributed by atoms with Crippen LogP contribution in [-0.4, -0.2) is 26.5 Å². The van der Waals surface area contributed by atoms with Crippen LogP contribution in [0.3, 0.4) is 0 Å². The zero-order chi connectivity index (χ0) is 23.3. The summed E-state index contributed by atoms with van der Waals surface area (Å²) in [5, 5.41) is 4.01. The van der Waals surface area contributed by atoms with Gasteiger partial charge in [0.15, 0.2) is 5.65 Å². The monoisotopic (exact) mass is 454 g/mol. The molecule has 0 aliphatic carbocycles. The maximum Gasteiger partial charge on any atom is 0.280 e. The zero-order valence-corrected chi connectivity index (χ0v) is 17.5. The number of alkyl halides is 2. The van der Waals surface area contributed by atoms with E-state index >= 15 is 0 Å². The van der Waals surface area contributed by atoms with Crippen LogP contribution in [-0.2, 0) is 6.42 Å². The molecule has 1 atom stereocenters.